The third kappa shape index (κ3) is 3.53. The summed E-state index contributed by atoms with van der Waals surface area (Å²) in [6, 6.07) is 0.855. The molecule has 9 heteroatoms. The van der Waals surface area contributed by atoms with Gasteiger partial charge in [-0.1, -0.05) is 25.9 Å². The molecule has 2 aromatic heterocycles. The zero-order valence-electron chi connectivity index (χ0n) is 13.1. The van der Waals surface area contributed by atoms with Gasteiger partial charge >= 0.3 is 0 Å². The fourth-order valence-corrected chi connectivity index (χ4v) is 3.27. The summed E-state index contributed by atoms with van der Waals surface area (Å²) in [6.07, 6.45) is 2.26. The number of aromatic nitrogens is 4. The van der Waals surface area contributed by atoms with Gasteiger partial charge in [-0.2, -0.15) is 14.8 Å². The average molecular weight is 327 g/mol. The van der Waals surface area contributed by atoms with E-state index in [1.807, 2.05) is 20.8 Å². The normalized spacial score (nSPS) is 13.7. The summed E-state index contributed by atoms with van der Waals surface area (Å²) in [7, 11) is -3.71. The van der Waals surface area contributed by atoms with Gasteiger partial charge in [-0.15, -0.1) is 0 Å². The number of aryl methyl sites for hydroxylation is 1. The van der Waals surface area contributed by atoms with Crippen molar-refractivity contribution < 1.29 is 12.9 Å². The molecule has 122 valence electrons. The molecule has 0 radical (unpaired) electrons. The van der Waals surface area contributed by atoms with Crippen molar-refractivity contribution in [3.05, 3.63) is 24.0 Å². The van der Waals surface area contributed by atoms with Crippen LogP contribution in [0, 0.1) is 0 Å². The molecule has 2 rings (SSSR count). The first kappa shape index (κ1) is 16.6. The van der Waals surface area contributed by atoms with Crippen LogP contribution in [0.5, 0.6) is 0 Å². The monoisotopic (exact) mass is 327 g/mol. The van der Waals surface area contributed by atoms with Gasteiger partial charge in [0.25, 0.3) is 10.0 Å². The van der Waals surface area contributed by atoms with Crippen molar-refractivity contribution in [3.63, 3.8) is 0 Å². The van der Waals surface area contributed by atoms with Crippen molar-refractivity contribution in [2.45, 2.75) is 57.6 Å². The van der Waals surface area contributed by atoms with Gasteiger partial charge in [-0.3, -0.25) is 4.68 Å². The predicted octanol–water partition coefficient (Wildman–Crippen LogP) is 1.84. The summed E-state index contributed by atoms with van der Waals surface area (Å²) < 4.78 is 34.0. The Bertz CT molecular complexity index is 720. The number of hydrogen-bond donors (Lipinski definition) is 1. The minimum atomic E-state index is -3.71. The smallest absolute Gasteiger partial charge is 0.258 e. The van der Waals surface area contributed by atoms with Gasteiger partial charge in [-0.05, 0) is 19.4 Å². The molecule has 0 saturated heterocycles. The molecule has 1 unspecified atom stereocenters. The first-order chi connectivity index (χ1) is 10.3. The van der Waals surface area contributed by atoms with Crippen LogP contribution < -0.4 is 4.72 Å². The van der Waals surface area contributed by atoms with E-state index in [2.05, 4.69) is 20.0 Å². The number of nitrogens with one attached hydrogen (secondary N) is 1. The molecule has 0 bridgehead atoms. The van der Waals surface area contributed by atoms with Crippen molar-refractivity contribution in [1.82, 2.24) is 24.6 Å². The van der Waals surface area contributed by atoms with Gasteiger partial charge in [0, 0.05) is 12.5 Å². The largest absolute Gasteiger partial charge is 0.338 e. The number of hydrogen-bond acceptors (Lipinski definition) is 6. The molecular formula is C13H21N5O3S. The second-order valence-corrected chi connectivity index (χ2v) is 7.04. The van der Waals surface area contributed by atoms with E-state index in [-0.39, 0.29) is 16.8 Å². The van der Waals surface area contributed by atoms with Crippen LogP contribution in [0.3, 0.4) is 0 Å². The first-order valence-electron chi connectivity index (χ1n) is 7.22. The maximum atomic E-state index is 12.5. The second kappa shape index (κ2) is 6.57. The third-order valence-electron chi connectivity index (χ3n) is 3.06. The molecule has 0 aromatic carbocycles. The average Bonchev–Trinajstić information content (AvgIpc) is 3.07. The Kier molecular flexibility index (Phi) is 4.97. The summed E-state index contributed by atoms with van der Waals surface area (Å²) in [4.78, 5) is 4.21. The first-order valence-corrected chi connectivity index (χ1v) is 8.71. The molecule has 0 amide bonds. The van der Waals surface area contributed by atoms with Gasteiger partial charge in [0.1, 0.15) is 0 Å². The van der Waals surface area contributed by atoms with Crippen LogP contribution >= 0.6 is 0 Å². The Hall–Kier alpha value is -1.74. The summed E-state index contributed by atoms with van der Waals surface area (Å²) in [5.41, 5.74) is 0. The summed E-state index contributed by atoms with van der Waals surface area (Å²) >= 11 is 0. The van der Waals surface area contributed by atoms with Crippen LogP contribution in [0.4, 0.5) is 0 Å². The Morgan fingerprint density at radius 2 is 2.09 bits per heavy atom. The van der Waals surface area contributed by atoms with Crippen molar-refractivity contribution in [1.29, 1.82) is 0 Å². The molecule has 2 aromatic rings. The fourth-order valence-electron chi connectivity index (χ4n) is 1.93. The Morgan fingerprint density at radius 3 is 2.68 bits per heavy atom. The molecule has 1 N–H and O–H groups in total. The molecule has 0 aliphatic heterocycles. The van der Waals surface area contributed by atoms with Crippen LogP contribution in [-0.4, -0.2) is 28.3 Å². The molecule has 8 nitrogen and oxygen atoms in total. The quantitative estimate of drug-likeness (QED) is 0.832. The van der Waals surface area contributed by atoms with Crippen LogP contribution in [0.1, 0.15) is 57.8 Å². The number of nitrogens with zero attached hydrogens (tertiary/aromatic N) is 4. The topological polar surface area (TPSA) is 103 Å². The second-order valence-electron chi connectivity index (χ2n) is 5.38. The minimum absolute atomic E-state index is 0.118. The van der Waals surface area contributed by atoms with E-state index < -0.39 is 16.1 Å². The van der Waals surface area contributed by atoms with Crippen LogP contribution in [0.25, 0.3) is 0 Å². The van der Waals surface area contributed by atoms with Gasteiger partial charge in [0.2, 0.25) is 5.89 Å². The SMILES string of the molecule is CCCn1nccc1S(=O)(=O)NC(C)c1nc(C(C)C)no1. The highest BCUT2D eigenvalue weighted by molar-refractivity contribution is 7.89. The van der Waals surface area contributed by atoms with Gasteiger partial charge < -0.3 is 4.52 Å². The lowest BCUT2D eigenvalue weighted by Crippen LogP contribution is -2.29. The van der Waals surface area contributed by atoms with E-state index in [4.69, 9.17) is 4.52 Å². The summed E-state index contributed by atoms with van der Waals surface area (Å²) in [5.74, 6) is 0.915. The van der Waals surface area contributed by atoms with Crippen molar-refractivity contribution in [2.75, 3.05) is 0 Å². The van der Waals surface area contributed by atoms with E-state index in [0.717, 1.165) is 6.42 Å². The lowest BCUT2D eigenvalue weighted by molar-refractivity contribution is 0.348. The van der Waals surface area contributed by atoms with Crippen molar-refractivity contribution >= 4 is 10.0 Å². The molecular weight excluding hydrogens is 306 g/mol. The van der Waals surface area contributed by atoms with Crippen LogP contribution in [-0.2, 0) is 16.6 Å². The van der Waals surface area contributed by atoms with E-state index in [1.54, 1.807) is 6.92 Å². The predicted molar refractivity (Wildman–Crippen MR) is 79.6 cm³/mol. The van der Waals surface area contributed by atoms with Gasteiger partial charge in [0.15, 0.2) is 10.9 Å². The van der Waals surface area contributed by atoms with Crippen molar-refractivity contribution in [3.8, 4) is 0 Å². The standard InChI is InChI=1S/C13H21N5O3S/c1-5-8-18-11(6-7-14-18)22(19,20)17-10(4)13-15-12(9(2)3)16-21-13/h6-7,9-10,17H,5,8H2,1-4H3. The molecule has 2 heterocycles. The number of rotatable bonds is 7. The Labute approximate surface area is 130 Å². The van der Waals surface area contributed by atoms with E-state index >= 15 is 0 Å². The Balaban J connectivity index is 2.18. The molecule has 22 heavy (non-hydrogen) atoms. The van der Waals surface area contributed by atoms with Crippen LogP contribution in [0.2, 0.25) is 0 Å². The highest BCUT2D eigenvalue weighted by atomic mass is 32.2. The third-order valence-corrected chi connectivity index (χ3v) is 4.63. The highest BCUT2D eigenvalue weighted by Gasteiger charge is 2.25. The van der Waals surface area contributed by atoms with Gasteiger partial charge in [-0.25, -0.2) is 8.42 Å². The molecule has 0 aliphatic rings. The van der Waals surface area contributed by atoms with E-state index in [9.17, 15) is 8.42 Å². The van der Waals surface area contributed by atoms with E-state index in [1.165, 1.54) is 16.9 Å². The molecule has 0 fully saturated rings. The highest BCUT2D eigenvalue weighted by Crippen LogP contribution is 2.18. The zero-order chi connectivity index (χ0) is 16.3. The Morgan fingerprint density at radius 1 is 1.36 bits per heavy atom. The summed E-state index contributed by atoms with van der Waals surface area (Å²) in [6.45, 7) is 8.03. The summed E-state index contributed by atoms with van der Waals surface area (Å²) in [5, 5.41) is 7.99. The maximum absolute atomic E-state index is 12.5. The zero-order valence-corrected chi connectivity index (χ0v) is 14.0. The van der Waals surface area contributed by atoms with Gasteiger partial charge in [0.05, 0.1) is 12.2 Å². The minimum Gasteiger partial charge on any atom is -0.338 e. The lowest BCUT2D eigenvalue weighted by Gasteiger charge is -2.11. The molecule has 0 aliphatic carbocycles. The molecule has 0 saturated carbocycles. The number of sulfonamides is 1. The van der Waals surface area contributed by atoms with Crippen LogP contribution in [0.15, 0.2) is 21.8 Å². The lowest BCUT2D eigenvalue weighted by atomic mass is 10.2. The molecule has 1 atom stereocenters. The van der Waals surface area contributed by atoms with E-state index in [0.29, 0.717) is 12.4 Å². The maximum Gasteiger partial charge on any atom is 0.258 e. The molecule has 0 spiro atoms. The van der Waals surface area contributed by atoms with Crippen molar-refractivity contribution in [2.24, 2.45) is 0 Å². The fraction of sp³-hybridized carbons (Fsp3) is 0.615.